The lowest BCUT2D eigenvalue weighted by Crippen LogP contribution is -2.40. The molecule has 0 aromatic carbocycles. The molecular formula is C16H27N3O3. The molecule has 6 nitrogen and oxygen atoms in total. The molecule has 0 aliphatic carbocycles. The van der Waals surface area contributed by atoms with Gasteiger partial charge in [0.2, 0.25) is 0 Å². The number of carbonyl (C=O) groups is 1. The first-order valence-electron chi connectivity index (χ1n) is 8.06. The van der Waals surface area contributed by atoms with Crippen LogP contribution in [0.15, 0.2) is 4.52 Å². The molecule has 1 aromatic rings. The third-order valence-corrected chi connectivity index (χ3v) is 4.27. The van der Waals surface area contributed by atoms with Crippen LogP contribution >= 0.6 is 0 Å². The van der Waals surface area contributed by atoms with E-state index in [2.05, 4.69) is 17.4 Å². The number of nitrogens with one attached hydrogen (secondary N) is 1. The van der Waals surface area contributed by atoms with E-state index in [0.29, 0.717) is 12.5 Å². The first kappa shape index (κ1) is 16.8. The molecule has 6 heteroatoms. The van der Waals surface area contributed by atoms with Crippen LogP contribution in [0.25, 0.3) is 0 Å². The van der Waals surface area contributed by atoms with Crippen LogP contribution in [-0.2, 0) is 4.74 Å². The van der Waals surface area contributed by atoms with E-state index in [0.717, 1.165) is 49.7 Å². The van der Waals surface area contributed by atoms with E-state index >= 15 is 0 Å². The van der Waals surface area contributed by atoms with Gasteiger partial charge < -0.3 is 19.5 Å². The monoisotopic (exact) mass is 309 g/mol. The van der Waals surface area contributed by atoms with Gasteiger partial charge in [0.05, 0.1) is 12.3 Å². The zero-order chi connectivity index (χ0) is 16.1. The van der Waals surface area contributed by atoms with Gasteiger partial charge in [-0.1, -0.05) is 12.1 Å². The first-order chi connectivity index (χ1) is 10.5. The minimum absolute atomic E-state index is 0.0117. The summed E-state index contributed by atoms with van der Waals surface area (Å²) in [4.78, 5) is 14.1. The minimum atomic E-state index is 0.0117. The topological polar surface area (TPSA) is 67.6 Å². The van der Waals surface area contributed by atoms with E-state index in [1.165, 1.54) is 0 Å². The lowest BCUT2D eigenvalue weighted by atomic mass is 10.00. The van der Waals surface area contributed by atoms with Gasteiger partial charge in [-0.25, -0.2) is 4.79 Å². The fourth-order valence-electron chi connectivity index (χ4n) is 3.09. The Kier molecular flexibility index (Phi) is 5.83. The number of nitrogens with zero attached hydrogens (tertiary/aromatic N) is 2. The predicted molar refractivity (Wildman–Crippen MR) is 84.0 cm³/mol. The maximum absolute atomic E-state index is 12.2. The van der Waals surface area contributed by atoms with E-state index in [4.69, 9.17) is 9.26 Å². The smallest absolute Gasteiger partial charge is 0.317 e. The highest BCUT2D eigenvalue weighted by molar-refractivity contribution is 5.74. The second kappa shape index (κ2) is 7.63. The van der Waals surface area contributed by atoms with Crippen molar-refractivity contribution in [3.8, 4) is 0 Å². The summed E-state index contributed by atoms with van der Waals surface area (Å²) in [6, 6.07) is 0.0117. The third kappa shape index (κ3) is 4.00. The van der Waals surface area contributed by atoms with Crippen molar-refractivity contribution in [2.75, 3.05) is 32.8 Å². The molecule has 0 saturated carbocycles. The Labute approximate surface area is 132 Å². The van der Waals surface area contributed by atoms with Crippen LogP contribution in [0.5, 0.6) is 0 Å². The highest BCUT2D eigenvalue weighted by Gasteiger charge is 2.26. The molecule has 1 saturated heterocycles. The summed E-state index contributed by atoms with van der Waals surface area (Å²) in [5, 5.41) is 6.99. The lowest BCUT2D eigenvalue weighted by Gasteiger charge is -2.19. The second-order valence-corrected chi connectivity index (χ2v) is 6.09. The van der Waals surface area contributed by atoms with Gasteiger partial charge >= 0.3 is 6.03 Å². The van der Waals surface area contributed by atoms with Crippen LogP contribution in [0.4, 0.5) is 4.79 Å². The Morgan fingerprint density at radius 1 is 1.55 bits per heavy atom. The molecule has 0 spiro atoms. The SMILES string of the molecule is CCOC[C@@H]1CCN(C(=O)NC[C@@H](C)c2c(C)noc2C)C1. The van der Waals surface area contributed by atoms with E-state index in [-0.39, 0.29) is 11.9 Å². The standard InChI is InChI=1S/C16H27N3O3/c1-5-21-10-14-6-7-19(9-14)16(20)17-8-11(2)15-12(3)18-22-13(15)4/h11,14H,5-10H2,1-4H3,(H,17,20)/t11-,14-/m1/s1. The van der Waals surface area contributed by atoms with E-state index < -0.39 is 0 Å². The van der Waals surface area contributed by atoms with Crippen LogP contribution in [0.1, 0.15) is 43.2 Å². The van der Waals surface area contributed by atoms with Gasteiger partial charge in [-0.2, -0.15) is 0 Å². The van der Waals surface area contributed by atoms with Crippen molar-refractivity contribution in [2.24, 2.45) is 5.92 Å². The van der Waals surface area contributed by atoms with Crippen molar-refractivity contribution in [1.29, 1.82) is 0 Å². The number of amides is 2. The molecule has 0 radical (unpaired) electrons. The van der Waals surface area contributed by atoms with Gasteiger partial charge in [0.25, 0.3) is 0 Å². The number of carbonyl (C=O) groups excluding carboxylic acids is 1. The molecular weight excluding hydrogens is 282 g/mol. The quantitative estimate of drug-likeness (QED) is 0.876. The molecule has 2 rings (SSSR count). The van der Waals surface area contributed by atoms with Gasteiger partial charge in [0.1, 0.15) is 5.76 Å². The molecule has 2 amide bonds. The maximum atomic E-state index is 12.2. The molecule has 1 fully saturated rings. The fraction of sp³-hybridized carbons (Fsp3) is 0.750. The molecule has 124 valence electrons. The molecule has 1 aliphatic rings. The minimum Gasteiger partial charge on any atom is -0.381 e. The largest absolute Gasteiger partial charge is 0.381 e. The summed E-state index contributed by atoms with van der Waals surface area (Å²) < 4.78 is 10.6. The Morgan fingerprint density at radius 3 is 2.95 bits per heavy atom. The molecule has 2 heterocycles. The van der Waals surface area contributed by atoms with E-state index in [9.17, 15) is 4.79 Å². The van der Waals surface area contributed by atoms with Gasteiger partial charge in [-0.15, -0.1) is 0 Å². The highest BCUT2D eigenvalue weighted by atomic mass is 16.5. The van der Waals surface area contributed by atoms with Crippen molar-refractivity contribution in [2.45, 2.75) is 40.0 Å². The Balaban J connectivity index is 1.78. The molecule has 1 N–H and O–H groups in total. The lowest BCUT2D eigenvalue weighted by molar-refractivity contribution is 0.113. The van der Waals surface area contributed by atoms with Crippen LogP contribution in [-0.4, -0.2) is 48.9 Å². The van der Waals surface area contributed by atoms with Crippen LogP contribution in [0, 0.1) is 19.8 Å². The number of ether oxygens (including phenoxy) is 1. The van der Waals surface area contributed by atoms with Crippen molar-refractivity contribution in [1.82, 2.24) is 15.4 Å². The summed E-state index contributed by atoms with van der Waals surface area (Å²) in [5.74, 6) is 1.49. The van der Waals surface area contributed by atoms with E-state index in [1.807, 2.05) is 25.7 Å². The maximum Gasteiger partial charge on any atom is 0.317 e. The molecule has 1 aromatic heterocycles. The third-order valence-electron chi connectivity index (χ3n) is 4.27. The molecule has 0 bridgehead atoms. The summed E-state index contributed by atoms with van der Waals surface area (Å²) in [5.41, 5.74) is 1.99. The highest BCUT2D eigenvalue weighted by Crippen LogP contribution is 2.22. The zero-order valence-electron chi connectivity index (χ0n) is 14.0. The Hall–Kier alpha value is -1.56. The Bertz CT molecular complexity index is 481. The van der Waals surface area contributed by atoms with Crippen molar-refractivity contribution in [3.05, 3.63) is 17.0 Å². The number of hydrogen-bond acceptors (Lipinski definition) is 4. The number of rotatable bonds is 6. The normalized spacial score (nSPS) is 19.5. The summed E-state index contributed by atoms with van der Waals surface area (Å²) >= 11 is 0. The van der Waals surface area contributed by atoms with Crippen LogP contribution in [0.3, 0.4) is 0 Å². The average molecular weight is 309 g/mol. The molecule has 1 aliphatic heterocycles. The molecule has 22 heavy (non-hydrogen) atoms. The number of aryl methyl sites for hydroxylation is 2. The first-order valence-corrected chi connectivity index (χ1v) is 8.06. The van der Waals surface area contributed by atoms with Crippen molar-refractivity contribution in [3.63, 3.8) is 0 Å². The summed E-state index contributed by atoms with van der Waals surface area (Å²) in [6.45, 7) is 11.6. The van der Waals surface area contributed by atoms with Crippen LogP contribution < -0.4 is 5.32 Å². The zero-order valence-corrected chi connectivity index (χ0v) is 14.0. The number of hydrogen-bond donors (Lipinski definition) is 1. The number of likely N-dealkylation sites (tertiary alicyclic amines) is 1. The molecule has 2 atom stereocenters. The van der Waals surface area contributed by atoms with Crippen LogP contribution in [0.2, 0.25) is 0 Å². The van der Waals surface area contributed by atoms with Crippen molar-refractivity contribution >= 4 is 6.03 Å². The fourth-order valence-corrected chi connectivity index (χ4v) is 3.09. The number of aromatic nitrogens is 1. The van der Waals surface area contributed by atoms with E-state index in [1.54, 1.807) is 0 Å². The van der Waals surface area contributed by atoms with Crippen molar-refractivity contribution < 1.29 is 14.1 Å². The average Bonchev–Trinajstić information content (AvgIpc) is 3.09. The number of urea groups is 1. The van der Waals surface area contributed by atoms with Gasteiger partial charge in [-0.3, -0.25) is 0 Å². The molecule has 0 unspecified atom stereocenters. The Morgan fingerprint density at radius 2 is 2.32 bits per heavy atom. The van der Waals surface area contributed by atoms with Gasteiger partial charge in [-0.05, 0) is 27.2 Å². The van der Waals surface area contributed by atoms with Gasteiger partial charge in [0, 0.05) is 43.6 Å². The second-order valence-electron chi connectivity index (χ2n) is 6.09. The summed E-state index contributed by atoms with van der Waals surface area (Å²) in [6.07, 6.45) is 1.02. The predicted octanol–water partition coefficient (Wildman–Crippen LogP) is 2.46. The van der Waals surface area contributed by atoms with Gasteiger partial charge in [0.15, 0.2) is 0 Å². The summed E-state index contributed by atoms with van der Waals surface area (Å²) in [7, 11) is 0.